The predicted molar refractivity (Wildman–Crippen MR) is 100 cm³/mol. The molecule has 0 saturated heterocycles. The number of benzene rings is 2. The maximum Gasteiger partial charge on any atom is 0.278 e. The lowest BCUT2D eigenvalue weighted by molar-refractivity contribution is 0.0765. The smallest absolute Gasteiger partial charge is 0.278 e. The van der Waals surface area contributed by atoms with E-state index >= 15 is 0 Å². The first-order chi connectivity index (χ1) is 13.1. The molecule has 1 amide bonds. The van der Waals surface area contributed by atoms with Gasteiger partial charge in [-0.3, -0.25) is 4.79 Å². The van der Waals surface area contributed by atoms with E-state index in [0.29, 0.717) is 13.1 Å². The van der Waals surface area contributed by atoms with Crippen molar-refractivity contribution < 1.29 is 14.3 Å². The fraction of sp³-hybridized carbons (Fsp3) is 0.143. The summed E-state index contributed by atoms with van der Waals surface area (Å²) in [5, 5.41) is 14.3. The molecular formula is C21H18FN3O2. The second kappa shape index (κ2) is 7.07. The summed E-state index contributed by atoms with van der Waals surface area (Å²) in [5.74, 6) is -1.12. The molecule has 1 aliphatic rings. The molecule has 1 aromatic heterocycles. The Kier molecular flexibility index (Phi) is 4.46. The van der Waals surface area contributed by atoms with E-state index in [1.165, 1.54) is 23.0 Å². The van der Waals surface area contributed by atoms with Crippen LogP contribution in [0.25, 0.3) is 11.3 Å². The topological polar surface area (TPSA) is 58.4 Å². The van der Waals surface area contributed by atoms with Crippen LogP contribution in [-0.4, -0.2) is 38.8 Å². The van der Waals surface area contributed by atoms with Crippen LogP contribution in [0.4, 0.5) is 4.39 Å². The van der Waals surface area contributed by atoms with Crippen molar-refractivity contribution in [3.05, 3.63) is 83.9 Å². The van der Waals surface area contributed by atoms with Gasteiger partial charge in [0.15, 0.2) is 11.4 Å². The van der Waals surface area contributed by atoms with Gasteiger partial charge in [0.2, 0.25) is 0 Å². The number of nitrogens with zero attached hydrogens (tertiary/aromatic N) is 3. The summed E-state index contributed by atoms with van der Waals surface area (Å²) >= 11 is 0. The lowest BCUT2D eigenvalue weighted by Crippen LogP contribution is -2.35. The number of para-hydroxylation sites is 1. The van der Waals surface area contributed by atoms with Crippen molar-refractivity contribution in [3.63, 3.8) is 0 Å². The molecule has 0 saturated carbocycles. The van der Waals surface area contributed by atoms with Crippen LogP contribution < -0.4 is 0 Å². The van der Waals surface area contributed by atoms with Gasteiger partial charge in [-0.25, -0.2) is 9.07 Å². The van der Waals surface area contributed by atoms with Gasteiger partial charge < -0.3 is 10.0 Å². The second-order valence-corrected chi connectivity index (χ2v) is 6.37. The van der Waals surface area contributed by atoms with Crippen LogP contribution in [0.15, 0.2) is 66.9 Å². The average molecular weight is 363 g/mol. The molecule has 0 bridgehead atoms. The summed E-state index contributed by atoms with van der Waals surface area (Å²) < 4.78 is 15.2. The molecule has 5 nitrogen and oxygen atoms in total. The molecule has 6 heteroatoms. The standard InChI is InChI=1S/C21H18FN3O2/c22-17-10-4-5-11-18(17)25-14-19(26)20(23-25)21(27)24-12-6-9-16(13-24)15-7-2-1-3-8-15/h1-5,7-11,14,26H,6,12-13H2. The number of halogens is 1. The number of rotatable bonds is 3. The zero-order valence-corrected chi connectivity index (χ0v) is 14.5. The van der Waals surface area contributed by atoms with Crippen LogP contribution >= 0.6 is 0 Å². The summed E-state index contributed by atoms with van der Waals surface area (Å²) in [4.78, 5) is 14.5. The summed E-state index contributed by atoms with van der Waals surface area (Å²) in [6.45, 7) is 0.982. The van der Waals surface area contributed by atoms with Crippen molar-refractivity contribution in [1.29, 1.82) is 0 Å². The van der Waals surface area contributed by atoms with E-state index in [-0.39, 0.29) is 23.0 Å². The maximum atomic E-state index is 14.0. The maximum absolute atomic E-state index is 14.0. The van der Waals surface area contributed by atoms with E-state index in [1.807, 2.05) is 30.3 Å². The summed E-state index contributed by atoms with van der Waals surface area (Å²) in [6, 6.07) is 15.9. The molecule has 4 rings (SSSR count). The normalized spacial score (nSPS) is 14.1. The van der Waals surface area contributed by atoms with Crippen molar-refractivity contribution in [3.8, 4) is 11.4 Å². The molecule has 136 valence electrons. The quantitative estimate of drug-likeness (QED) is 0.773. The third kappa shape index (κ3) is 3.33. The first kappa shape index (κ1) is 17.0. The molecule has 1 aliphatic heterocycles. The highest BCUT2D eigenvalue weighted by atomic mass is 19.1. The highest BCUT2D eigenvalue weighted by Crippen LogP contribution is 2.25. The van der Waals surface area contributed by atoms with Gasteiger partial charge in [0, 0.05) is 13.1 Å². The first-order valence-electron chi connectivity index (χ1n) is 8.71. The number of hydrogen-bond donors (Lipinski definition) is 1. The summed E-state index contributed by atoms with van der Waals surface area (Å²) in [7, 11) is 0. The van der Waals surface area contributed by atoms with E-state index in [1.54, 1.807) is 17.0 Å². The first-order valence-corrected chi connectivity index (χ1v) is 8.71. The van der Waals surface area contributed by atoms with Crippen LogP contribution in [0.1, 0.15) is 22.5 Å². The number of amides is 1. The molecule has 0 atom stereocenters. The molecule has 1 N–H and O–H groups in total. The third-order valence-corrected chi connectivity index (χ3v) is 4.58. The van der Waals surface area contributed by atoms with Crippen molar-refractivity contribution in [2.24, 2.45) is 0 Å². The van der Waals surface area contributed by atoms with Gasteiger partial charge in [-0.2, -0.15) is 5.10 Å². The van der Waals surface area contributed by atoms with Gasteiger partial charge in [0.1, 0.15) is 11.5 Å². The number of carbonyl (C=O) groups excluding carboxylic acids is 1. The van der Waals surface area contributed by atoms with E-state index in [2.05, 4.69) is 11.2 Å². The summed E-state index contributed by atoms with van der Waals surface area (Å²) in [5.41, 5.74) is 2.22. The minimum atomic E-state index is -0.480. The lowest BCUT2D eigenvalue weighted by atomic mass is 10.0. The third-order valence-electron chi connectivity index (χ3n) is 4.58. The minimum Gasteiger partial charge on any atom is -0.504 e. The van der Waals surface area contributed by atoms with E-state index in [4.69, 9.17) is 0 Å². The minimum absolute atomic E-state index is 0.0763. The molecule has 3 aromatic rings. The Bertz CT molecular complexity index is 1010. The molecule has 0 aliphatic carbocycles. The Hall–Kier alpha value is -3.41. The van der Waals surface area contributed by atoms with E-state index in [0.717, 1.165) is 17.6 Å². The van der Waals surface area contributed by atoms with Crippen LogP contribution in [0.5, 0.6) is 5.75 Å². The van der Waals surface area contributed by atoms with Crippen molar-refractivity contribution >= 4 is 11.5 Å². The van der Waals surface area contributed by atoms with Gasteiger partial charge in [-0.1, -0.05) is 48.5 Å². The zero-order valence-electron chi connectivity index (χ0n) is 14.5. The molecule has 0 radical (unpaired) electrons. The molecule has 0 fully saturated rings. The number of aromatic hydroxyl groups is 1. The van der Waals surface area contributed by atoms with E-state index < -0.39 is 5.82 Å². The predicted octanol–water partition coefficient (Wildman–Crippen LogP) is 3.65. The average Bonchev–Trinajstić information content (AvgIpc) is 3.10. The monoisotopic (exact) mass is 363 g/mol. The van der Waals surface area contributed by atoms with E-state index in [9.17, 15) is 14.3 Å². The molecule has 27 heavy (non-hydrogen) atoms. The lowest BCUT2D eigenvalue weighted by Gasteiger charge is -2.27. The molecular weight excluding hydrogens is 345 g/mol. The SMILES string of the molecule is O=C(c1nn(-c2ccccc2F)cc1O)N1CCC=C(c2ccccc2)C1. The molecule has 0 spiro atoms. The Morgan fingerprint density at radius 2 is 1.81 bits per heavy atom. The number of aromatic nitrogens is 2. The number of carbonyl (C=O) groups is 1. The van der Waals surface area contributed by atoms with Crippen molar-refractivity contribution in [2.75, 3.05) is 13.1 Å². The largest absolute Gasteiger partial charge is 0.504 e. The van der Waals surface area contributed by atoms with Crippen LogP contribution in [0, 0.1) is 5.82 Å². The number of hydrogen-bond acceptors (Lipinski definition) is 3. The Morgan fingerprint density at radius 3 is 2.59 bits per heavy atom. The molecule has 0 unspecified atom stereocenters. The van der Waals surface area contributed by atoms with Crippen LogP contribution in [0.2, 0.25) is 0 Å². The van der Waals surface area contributed by atoms with Gasteiger partial charge in [-0.15, -0.1) is 0 Å². The Morgan fingerprint density at radius 1 is 1.07 bits per heavy atom. The molecule has 2 heterocycles. The van der Waals surface area contributed by atoms with Gasteiger partial charge in [0.05, 0.1) is 6.20 Å². The van der Waals surface area contributed by atoms with Gasteiger partial charge >= 0.3 is 0 Å². The zero-order chi connectivity index (χ0) is 18.8. The van der Waals surface area contributed by atoms with Gasteiger partial charge in [-0.05, 0) is 29.7 Å². The van der Waals surface area contributed by atoms with Crippen LogP contribution in [-0.2, 0) is 0 Å². The fourth-order valence-electron chi connectivity index (χ4n) is 3.21. The summed E-state index contributed by atoms with van der Waals surface area (Å²) in [6.07, 6.45) is 4.10. The highest BCUT2D eigenvalue weighted by Gasteiger charge is 2.26. The Labute approximate surface area is 156 Å². The van der Waals surface area contributed by atoms with Crippen LogP contribution in [0.3, 0.4) is 0 Å². The van der Waals surface area contributed by atoms with Crippen molar-refractivity contribution in [2.45, 2.75) is 6.42 Å². The van der Waals surface area contributed by atoms with Crippen molar-refractivity contribution in [1.82, 2.24) is 14.7 Å². The highest BCUT2D eigenvalue weighted by molar-refractivity contribution is 5.96. The molecule has 2 aromatic carbocycles. The van der Waals surface area contributed by atoms with Gasteiger partial charge in [0.25, 0.3) is 5.91 Å². The fourth-order valence-corrected chi connectivity index (χ4v) is 3.21. The Balaban J connectivity index is 1.59. The second-order valence-electron chi connectivity index (χ2n) is 6.37.